The van der Waals surface area contributed by atoms with Crippen molar-refractivity contribution in [2.24, 2.45) is 0 Å². The van der Waals surface area contributed by atoms with E-state index in [4.69, 9.17) is 4.74 Å². The maximum atomic E-state index is 13.2. The lowest BCUT2D eigenvalue weighted by Crippen LogP contribution is -2.04. The summed E-state index contributed by atoms with van der Waals surface area (Å²) in [7, 11) is 1.60. The first kappa shape index (κ1) is 14.2. The van der Waals surface area contributed by atoms with Crippen LogP contribution in [0.3, 0.4) is 0 Å². The topological polar surface area (TPSA) is 35.5 Å². The Morgan fingerprint density at radius 3 is 2.89 bits per heavy atom. The molecule has 3 nitrogen and oxygen atoms in total. The third-order valence-corrected chi connectivity index (χ3v) is 2.36. The molecule has 0 saturated heterocycles. The predicted octanol–water partition coefficient (Wildman–Crippen LogP) is 3.04. The molecule has 1 aromatic carbocycles. The van der Waals surface area contributed by atoms with Crippen LogP contribution in [0.25, 0.3) is 0 Å². The van der Waals surface area contributed by atoms with E-state index >= 15 is 0 Å². The van der Waals surface area contributed by atoms with E-state index in [0.29, 0.717) is 12.8 Å². The van der Waals surface area contributed by atoms with Crippen LogP contribution in [0.15, 0.2) is 36.2 Å². The molecule has 0 saturated carbocycles. The monoisotopic (exact) mass is 252 g/mol. The van der Waals surface area contributed by atoms with Crippen molar-refractivity contribution in [3.63, 3.8) is 0 Å². The van der Waals surface area contributed by atoms with Gasteiger partial charge in [-0.2, -0.15) is 4.39 Å². The van der Waals surface area contributed by atoms with Crippen LogP contribution in [0, 0.1) is 0 Å². The largest absolute Gasteiger partial charge is 0.497 e. The number of carbonyl (C=O) groups excluding carboxylic acids is 1. The fourth-order valence-corrected chi connectivity index (χ4v) is 1.48. The van der Waals surface area contributed by atoms with Gasteiger partial charge < -0.3 is 9.47 Å². The van der Waals surface area contributed by atoms with Gasteiger partial charge in [-0.3, -0.25) is 0 Å². The van der Waals surface area contributed by atoms with Gasteiger partial charge in [0.25, 0.3) is 0 Å². The Kier molecular flexibility index (Phi) is 5.91. The zero-order valence-corrected chi connectivity index (χ0v) is 10.6. The van der Waals surface area contributed by atoms with Crippen LogP contribution in [0.5, 0.6) is 5.75 Å². The molecule has 0 atom stereocenters. The van der Waals surface area contributed by atoms with Crippen molar-refractivity contribution in [3.8, 4) is 5.75 Å². The molecule has 0 radical (unpaired) electrons. The molecule has 0 bridgehead atoms. The van der Waals surface area contributed by atoms with Gasteiger partial charge in [-0.15, -0.1) is 0 Å². The van der Waals surface area contributed by atoms with Crippen LogP contribution in [-0.4, -0.2) is 19.7 Å². The lowest BCUT2D eigenvalue weighted by Gasteiger charge is -2.03. The summed E-state index contributed by atoms with van der Waals surface area (Å²) in [5.74, 6) is -0.967. The Balaban J connectivity index is 2.49. The normalized spacial score (nSPS) is 11.2. The molecule has 0 aromatic heterocycles. The van der Waals surface area contributed by atoms with Crippen LogP contribution >= 0.6 is 0 Å². The van der Waals surface area contributed by atoms with E-state index in [0.717, 1.165) is 11.3 Å². The number of ether oxygens (including phenoxy) is 2. The molecular weight excluding hydrogens is 235 g/mol. The molecule has 0 spiro atoms. The Morgan fingerprint density at radius 1 is 1.44 bits per heavy atom. The van der Waals surface area contributed by atoms with E-state index in [1.165, 1.54) is 6.08 Å². The summed E-state index contributed by atoms with van der Waals surface area (Å²) in [5, 5.41) is 0. The number of benzene rings is 1. The smallest absolute Gasteiger partial charge is 0.366 e. The van der Waals surface area contributed by atoms with Crippen LogP contribution in [0.2, 0.25) is 0 Å². The van der Waals surface area contributed by atoms with Crippen molar-refractivity contribution in [1.29, 1.82) is 0 Å². The zero-order valence-electron chi connectivity index (χ0n) is 10.6. The molecule has 0 amide bonds. The molecule has 1 rings (SSSR count). The van der Waals surface area contributed by atoms with Crippen molar-refractivity contribution in [3.05, 3.63) is 41.7 Å². The summed E-state index contributed by atoms with van der Waals surface area (Å²) in [5.41, 5.74) is 1.03. The second kappa shape index (κ2) is 7.48. The fraction of sp³-hybridized carbons (Fsp3) is 0.357. The van der Waals surface area contributed by atoms with Crippen LogP contribution in [0.4, 0.5) is 4.39 Å². The molecular formula is C14H17FO3. The molecule has 98 valence electrons. The second-order valence-corrected chi connectivity index (χ2v) is 3.66. The van der Waals surface area contributed by atoms with Gasteiger partial charge in [-0.05, 0) is 43.5 Å². The van der Waals surface area contributed by atoms with Gasteiger partial charge in [0.1, 0.15) is 5.75 Å². The maximum Gasteiger partial charge on any atom is 0.366 e. The number of hydrogen-bond donors (Lipinski definition) is 0. The molecule has 0 N–H and O–H groups in total. The molecule has 0 aliphatic heterocycles. The minimum Gasteiger partial charge on any atom is -0.497 e. The Hall–Kier alpha value is -1.84. The Bertz CT molecular complexity index is 427. The molecule has 1 aromatic rings. The second-order valence-electron chi connectivity index (χ2n) is 3.66. The molecule has 0 aliphatic carbocycles. The lowest BCUT2D eigenvalue weighted by atomic mass is 10.1. The molecule has 0 aliphatic rings. The average molecular weight is 252 g/mol. The molecule has 0 unspecified atom stereocenters. The van der Waals surface area contributed by atoms with E-state index in [9.17, 15) is 9.18 Å². The zero-order chi connectivity index (χ0) is 13.4. The van der Waals surface area contributed by atoms with E-state index < -0.39 is 11.8 Å². The first-order valence-corrected chi connectivity index (χ1v) is 5.83. The molecule has 4 heteroatoms. The van der Waals surface area contributed by atoms with E-state index in [-0.39, 0.29) is 6.61 Å². The predicted molar refractivity (Wildman–Crippen MR) is 67.1 cm³/mol. The SMILES string of the molecule is CCOC(=O)/C(F)=C\CCc1cccc(OC)c1. The summed E-state index contributed by atoms with van der Waals surface area (Å²) >= 11 is 0. The van der Waals surface area contributed by atoms with Crippen LogP contribution in [-0.2, 0) is 16.0 Å². The highest BCUT2D eigenvalue weighted by molar-refractivity contribution is 5.85. The summed E-state index contributed by atoms with van der Waals surface area (Å²) < 4.78 is 22.8. The van der Waals surface area contributed by atoms with Crippen molar-refractivity contribution in [2.75, 3.05) is 13.7 Å². The van der Waals surface area contributed by atoms with Gasteiger partial charge in [0.2, 0.25) is 5.83 Å². The van der Waals surface area contributed by atoms with Gasteiger partial charge in [0, 0.05) is 0 Å². The number of methoxy groups -OCH3 is 1. The maximum absolute atomic E-state index is 13.2. The van der Waals surface area contributed by atoms with Crippen molar-refractivity contribution in [2.45, 2.75) is 19.8 Å². The van der Waals surface area contributed by atoms with E-state index in [1.54, 1.807) is 14.0 Å². The van der Waals surface area contributed by atoms with Gasteiger partial charge in [0.15, 0.2) is 0 Å². The fourth-order valence-electron chi connectivity index (χ4n) is 1.48. The number of hydrogen-bond acceptors (Lipinski definition) is 3. The van der Waals surface area contributed by atoms with Gasteiger partial charge in [-0.25, -0.2) is 4.79 Å². The molecule has 0 heterocycles. The van der Waals surface area contributed by atoms with Gasteiger partial charge in [0.05, 0.1) is 13.7 Å². The number of halogens is 1. The number of rotatable bonds is 6. The highest BCUT2D eigenvalue weighted by atomic mass is 19.1. The van der Waals surface area contributed by atoms with Crippen molar-refractivity contribution in [1.82, 2.24) is 0 Å². The highest BCUT2D eigenvalue weighted by Crippen LogP contribution is 2.14. The quantitative estimate of drug-likeness (QED) is 0.576. The Morgan fingerprint density at radius 2 is 2.22 bits per heavy atom. The number of allylic oxidation sites excluding steroid dienone is 1. The summed E-state index contributed by atoms with van der Waals surface area (Å²) in [4.78, 5) is 11.0. The van der Waals surface area contributed by atoms with Crippen LogP contribution in [0.1, 0.15) is 18.9 Å². The average Bonchev–Trinajstić information content (AvgIpc) is 2.39. The number of esters is 1. The third-order valence-electron chi connectivity index (χ3n) is 2.36. The summed E-state index contributed by atoms with van der Waals surface area (Å²) in [6.45, 7) is 1.82. The number of aryl methyl sites for hydroxylation is 1. The van der Waals surface area contributed by atoms with E-state index in [1.807, 2.05) is 24.3 Å². The molecule has 0 fully saturated rings. The first-order valence-electron chi connectivity index (χ1n) is 5.83. The van der Waals surface area contributed by atoms with Crippen molar-refractivity contribution >= 4 is 5.97 Å². The van der Waals surface area contributed by atoms with Crippen molar-refractivity contribution < 1.29 is 18.7 Å². The minimum absolute atomic E-state index is 0.177. The van der Waals surface area contributed by atoms with Gasteiger partial charge in [-0.1, -0.05) is 12.1 Å². The summed E-state index contributed by atoms with van der Waals surface area (Å²) in [6, 6.07) is 7.53. The third kappa shape index (κ3) is 4.57. The molecule has 18 heavy (non-hydrogen) atoms. The standard InChI is InChI=1S/C14H17FO3/c1-3-18-14(16)13(15)9-5-7-11-6-4-8-12(10-11)17-2/h4,6,8-10H,3,5,7H2,1-2H3/b13-9+. The highest BCUT2D eigenvalue weighted by Gasteiger charge is 2.08. The first-order chi connectivity index (χ1) is 8.67. The number of carbonyl (C=O) groups is 1. The van der Waals surface area contributed by atoms with E-state index in [2.05, 4.69) is 4.74 Å². The summed E-state index contributed by atoms with van der Waals surface area (Å²) in [6.07, 6.45) is 2.33. The lowest BCUT2D eigenvalue weighted by molar-refractivity contribution is -0.140. The van der Waals surface area contributed by atoms with Gasteiger partial charge >= 0.3 is 5.97 Å². The minimum atomic E-state index is -0.900. The Labute approximate surface area is 106 Å². The van der Waals surface area contributed by atoms with Crippen LogP contribution < -0.4 is 4.74 Å².